The highest BCUT2D eigenvalue weighted by Gasteiger charge is 2.23. The van der Waals surface area contributed by atoms with Gasteiger partial charge in [-0.3, -0.25) is 0 Å². The average Bonchev–Trinajstić information content (AvgIpc) is 2.78. The highest BCUT2D eigenvalue weighted by molar-refractivity contribution is 9.10. The second-order valence-corrected chi connectivity index (χ2v) is 5.73. The summed E-state index contributed by atoms with van der Waals surface area (Å²) in [6.07, 6.45) is 1.22. The summed E-state index contributed by atoms with van der Waals surface area (Å²) in [7, 11) is 3.75. The van der Waals surface area contributed by atoms with Crippen LogP contribution in [-0.2, 0) is 11.3 Å². The summed E-state index contributed by atoms with van der Waals surface area (Å²) >= 11 is 3.69. The van der Waals surface area contributed by atoms with E-state index in [4.69, 9.17) is 4.74 Å². The molecule has 1 fully saturated rings. The Kier molecular flexibility index (Phi) is 5.03. The molecule has 1 aliphatic rings. The van der Waals surface area contributed by atoms with Crippen molar-refractivity contribution in [1.82, 2.24) is 5.32 Å². The molecular formula is C14H21BrN2O. The maximum Gasteiger partial charge on any atom is 0.0510 e. The predicted octanol–water partition coefficient (Wildman–Crippen LogP) is 2.64. The normalized spacial score (nSPS) is 19.5. The van der Waals surface area contributed by atoms with Gasteiger partial charge in [0.2, 0.25) is 0 Å². The molecule has 1 heterocycles. The number of methoxy groups -OCH3 is 1. The summed E-state index contributed by atoms with van der Waals surface area (Å²) in [5.41, 5.74) is 2.61. The molecule has 100 valence electrons. The van der Waals surface area contributed by atoms with E-state index in [0.717, 1.165) is 26.2 Å². The van der Waals surface area contributed by atoms with Crippen LogP contribution < -0.4 is 10.2 Å². The van der Waals surface area contributed by atoms with Crippen LogP contribution in [0, 0.1) is 5.92 Å². The third kappa shape index (κ3) is 3.25. The fourth-order valence-corrected chi connectivity index (χ4v) is 3.22. The Morgan fingerprint density at radius 3 is 3.00 bits per heavy atom. The Bertz CT molecular complexity index is 397. The smallest absolute Gasteiger partial charge is 0.0510 e. The van der Waals surface area contributed by atoms with Crippen LogP contribution in [0.5, 0.6) is 0 Å². The minimum atomic E-state index is 0.666. The number of anilines is 1. The van der Waals surface area contributed by atoms with Crippen molar-refractivity contribution in [2.75, 3.05) is 38.8 Å². The Morgan fingerprint density at radius 1 is 1.50 bits per heavy atom. The zero-order valence-corrected chi connectivity index (χ0v) is 12.7. The first-order valence-corrected chi connectivity index (χ1v) is 7.20. The van der Waals surface area contributed by atoms with Crippen LogP contribution in [0.3, 0.4) is 0 Å². The average molecular weight is 313 g/mol. The van der Waals surface area contributed by atoms with E-state index in [9.17, 15) is 0 Å². The topological polar surface area (TPSA) is 24.5 Å². The van der Waals surface area contributed by atoms with E-state index >= 15 is 0 Å². The highest BCUT2D eigenvalue weighted by Crippen LogP contribution is 2.31. The molecule has 0 amide bonds. The third-order valence-electron chi connectivity index (χ3n) is 3.42. The minimum Gasteiger partial charge on any atom is -0.384 e. The second-order valence-electron chi connectivity index (χ2n) is 4.87. The van der Waals surface area contributed by atoms with Gasteiger partial charge in [0.15, 0.2) is 0 Å². The van der Waals surface area contributed by atoms with Gasteiger partial charge in [0.05, 0.1) is 12.3 Å². The summed E-state index contributed by atoms with van der Waals surface area (Å²) in [4.78, 5) is 2.44. The molecule has 1 aliphatic heterocycles. The fourth-order valence-electron chi connectivity index (χ4n) is 2.54. The van der Waals surface area contributed by atoms with Gasteiger partial charge in [0.1, 0.15) is 0 Å². The maximum atomic E-state index is 5.24. The summed E-state index contributed by atoms with van der Waals surface area (Å²) in [5.74, 6) is 0.666. The number of halogens is 1. The first-order valence-electron chi connectivity index (χ1n) is 6.41. The molecule has 3 nitrogen and oxygen atoms in total. The molecule has 1 atom stereocenters. The number of nitrogens with one attached hydrogen (secondary N) is 1. The lowest BCUT2D eigenvalue weighted by Crippen LogP contribution is -2.21. The summed E-state index contributed by atoms with van der Waals surface area (Å²) in [6, 6.07) is 6.61. The monoisotopic (exact) mass is 312 g/mol. The lowest BCUT2D eigenvalue weighted by atomic mass is 10.1. The molecule has 1 aromatic carbocycles. The van der Waals surface area contributed by atoms with Gasteiger partial charge in [-0.1, -0.05) is 6.07 Å². The maximum absolute atomic E-state index is 5.24. The molecule has 0 aliphatic carbocycles. The number of benzene rings is 1. The summed E-state index contributed by atoms with van der Waals surface area (Å²) in [6.45, 7) is 3.99. The van der Waals surface area contributed by atoms with E-state index in [2.05, 4.69) is 44.3 Å². The zero-order valence-electron chi connectivity index (χ0n) is 11.1. The van der Waals surface area contributed by atoms with Gasteiger partial charge in [-0.05, 0) is 47.1 Å². The van der Waals surface area contributed by atoms with Crippen molar-refractivity contribution in [3.8, 4) is 0 Å². The van der Waals surface area contributed by atoms with Crippen LogP contribution in [-0.4, -0.2) is 33.9 Å². The first kappa shape index (κ1) is 13.8. The van der Waals surface area contributed by atoms with Crippen LogP contribution in [0.1, 0.15) is 12.0 Å². The minimum absolute atomic E-state index is 0.666. The van der Waals surface area contributed by atoms with Gasteiger partial charge in [-0.2, -0.15) is 0 Å². The molecule has 18 heavy (non-hydrogen) atoms. The summed E-state index contributed by atoms with van der Waals surface area (Å²) < 4.78 is 6.43. The van der Waals surface area contributed by atoms with E-state index < -0.39 is 0 Å². The largest absolute Gasteiger partial charge is 0.384 e. The van der Waals surface area contributed by atoms with Gasteiger partial charge in [0, 0.05) is 37.1 Å². The zero-order chi connectivity index (χ0) is 13.0. The van der Waals surface area contributed by atoms with E-state index in [1.54, 1.807) is 7.11 Å². The van der Waals surface area contributed by atoms with E-state index in [1.807, 2.05) is 7.05 Å². The van der Waals surface area contributed by atoms with Crippen molar-refractivity contribution in [3.05, 3.63) is 28.2 Å². The molecule has 0 spiro atoms. The lowest BCUT2D eigenvalue weighted by Gasteiger charge is -2.20. The predicted molar refractivity (Wildman–Crippen MR) is 79.1 cm³/mol. The van der Waals surface area contributed by atoms with Gasteiger partial charge in [-0.25, -0.2) is 0 Å². The van der Waals surface area contributed by atoms with Crippen molar-refractivity contribution in [3.63, 3.8) is 0 Å². The molecule has 0 aromatic heterocycles. The first-order chi connectivity index (χ1) is 8.74. The summed E-state index contributed by atoms with van der Waals surface area (Å²) in [5, 5.41) is 3.17. The molecule has 4 heteroatoms. The Hall–Kier alpha value is -0.580. The highest BCUT2D eigenvalue weighted by atomic mass is 79.9. The van der Waals surface area contributed by atoms with Gasteiger partial charge in [-0.15, -0.1) is 0 Å². The SMILES string of the molecule is CNCc1ccc(N2CCC(COC)C2)c(Br)c1. The molecule has 0 saturated carbocycles. The van der Waals surface area contributed by atoms with Crippen LogP contribution in [0.25, 0.3) is 0 Å². The van der Waals surface area contributed by atoms with Crippen molar-refractivity contribution in [2.45, 2.75) is 13.0 Å². The van der Waals surface area contributed by atoms with Gasteiger partial charge >= 0.3 is 0 Å². The second kappa shape index (κ2) is 6.55. The third-order valence-corrected chi connectivity index (χ3v) is 4.06. The van der Waals surface area contributed by atoms with E-state index in [0.29, 0.717) is 5.92 Å². The van der Waals surface area contributed by atoms with E-state index in [1.165, 1.54) is 22.1 Å². The fraction of sp³-hybridized carbons (Fsp3) is 0.571. The standard InChI is InChI=1S/C14H21BrN2O/c1-16-8-11-3-4-14(13(15)7-11)17-6-5-12(9-17)10-18-2/h3-4,7,12,16H,5-6,8-10H2,1-2H3. The van der Waals surface area contributed by atoms with Crippen molar-refractivity contribution < 1.29 is 4.74 Å². The van der Waals surface area contributed by atoms with Crippen LogP contribution in [0.2, 0.25) is 0 Å². The number of hydrogen-bond acceptors (Lipinski definition) is 3. The molecular weight excluding hydrogens is 292 g/mol. The Morgan fingerprint density at radius 2 is 2.33 bits per heavy atom. The van der Waals surface area contributed by atoms with Gasteiger partial charge < -0.3 is 15.0 Å². The molecule has 1 N–H and O–H groups in total. The number of ether oxygens (including phenoxy) is 1. The number of nitrogens with zero attached hydrogens (tertiary/aromatic N) is 1. The molecule has 1 aromatic rings. The number of rotatable bonds is 5. The van der Waals surface area contributed by atoms with Crippen molar-refractivity contribution in [2.24, 2.45) is 5.92 Å². The molecule has 0 bridgehead atoms. The van der Waals surface area contributed by atoms with Crippen LogP contribution in [0.15, 0.2) is 22.7 Å². The van der Waals surface area contributed by atoms with Gasteiger partial charge in [0.25, 0.3) is 0 Å². The van der Waals surface area contributed by atoms with Crippen molar-refractivity contribution in [1.29, 1.82) is 0 Å². The molecule has 2 rings (SSSR count). The molecule has 0 radical (unpaired) electrons. The lowest BCUT2D eigenvalue weighted by molar-refractivity contribution is 0.161. The van der Waals surface area contributed by atoms with Crippen LogP contribution >= 0.6 is 15.9 Å². The van der Waals surface area contributed by atoms with Crippen molar-refractivity contribution >= 4 is 21.6 Å². The Labute approximate surface area is 118 Å². The number of hydrogen-bond donors (Lipinski definition) is 1. The van der Waals surface area contributed by atoms with Crippen LogP contribution in [0.4, 0.5) is 5.69 Å². The molecule has 1 saturated heterocycles. The molecule has 1 unspecified atom stereocenters. The quantitative estimate of drug-likeness (QED) is 0.904. The van der Waals surface area contributed by atoms with E-state index in [-0.39, 0.29) is 0 Å². The Balaban J connectivity index is 2.05.